The van der Waals surface area contributed by atoms with Crippen LogP contribution in [0.3, 0.4) is 0 Å². The van der Waals surface area contributed by atoms with Crippen LogP contribution in [0, 0.1) is 0 Å². The molecule has 6 heteroatoms. The van der Waals surface area contributed by atoms with Gasteiger partial charge < -0.3 is 14.4 Å². The fourth-order valence-electron chi connectivity index (χ4n) is 2.17. The molecule has 3 aromatic rings. The van der Waals surface area contributed by atoms with Gasteiger partial charge in [-0.2, -0.15) is 0 Å². The molecule has 0 aliphatic rings. The number of hydrogen-bond acceptors (Lipinski definition) is 4. The minimum absolute atomic E-state index is 0.162. The summed E-state index contributed by atoms with van der Waals surface area (Å²) in [5, 5.41) is 18.6. The number of aromatic nitrogens is 3. The first kappa shape index (κ1) is 13.1. The van der Waals surface area contributed by atoms with E-state index in [1.807, 2.05) is 18.2 Å². The van der Waals surface area contributed by atoms with Crippen LogP contribution in [0.2, 0.25) is 0 Å². The topological polar surface area (TPSA) is 77.2 Å². The average Bonchev–Trinajstić information content (AvgIpc) is 2.89. The number of hydrogen-bond donors (Lipinski definition) is 1. The first-order chi connectivity index (χ1) is 10.2. The maximum atomic E-state index is 11.6. The molecule has 106 valence electrons. The third kappa shape index (κ3) is 2.43. The Morgan fingerprint density at radius 3 is 2.81 bits per heavy atom. The zero-order valence-corrected chi connectivity index (χ0v) is 11.4. The van der Waals surface area contributed by atoms with E-state index < -0.39 is 5.97 Å². The molecular weight excluding hydrogens is 270 g/mol. The molecule has 3 rings (SSSR count). The van der Waals surface area contributed by atoms with Crippen molar-refractivity contribution >= 4 is 16.7 Å². The van der Waals surface area contributed by atoms with Crippen LogP contribution in [0.25, 0.3) is 10.8 Å². The number of benzene rings is 2. The molecule has 1 aromatic heterocycles. The van der Waals surface area contributed by atoms with Gasteiger partial charge in [0, 0.05) is 7.05 Å². The number of carboxylic acid groups (broad SMARTS) is 1. The van der Waals surface area contributed by atoms with Crippen LogP contribution in [0.4, 0.5) is 0 Å². The maximum absolute atomic E-state index is 11.6. The number of rotatable bonds is 4. The van der Waals surface area contributed by atoms with Gasteiger partial charge in [0.25, 0.3) is 0 Å². The SMILES string of the molecule is Cn1cnnc1COc1ccc2ccccc2c1C(=O)O. The lowest BCUT2D eigenvalue weighted by Gasteiger charge is -2.11. The van der Waals surface area contributed by atoms with Crippen LogP contribution < -0.4 is 4.74 Å². The van der Waals surface area contributed by atoms with Gasteiger partial charge in [-0.3, -0.25) is 0 Å². The molecule has 21 heavy (non-hydrogen) atoms. The van der Waals surface area contributed by atoms with E-state index in [0.717, 1.165) is 5.39 Å². The second-order valence-corrected chi connectivity index (χ2v) is 4.61. The van der Waals surface area contributed by atoms with Gasteiger partial charge in [0.1, 0.15) is 24.2 Å². The lowest BCUT2D eigenvalue weighted by Crippen LogP contribution is -2.07. The van der Waals surface area contributed by atoms with Crippen molar-refractivity contribution in [3.8, 4) is 5.75 Å². The van der Waals surface area contributed by atoms with Crippen LogP contribution in [0.5, 0.6) is 5.75 Å². The van der Waals surface area contributed by atoms with E-state index in [1.165, 1.54) is 0 Å². The highest BCUT2D eigenvalue weighted by Gasteiger charge is 2.16. The Hall–Kier alpha value is -2.89. The second kappa shape index (κ2) is 5.24. The smallest absolute Gasteiger partial charge is 0.340 e. The van der Waals surface area contributed by atoms with Gasteiger partial charge >= 0.3 is 5.97 Å². The summed E-state index contributed by atoms with van der Waals surface area (Å²) in [4.78, 5) is 11.6. The summed E-state index contributed by atoms with van der Waals surface area (Å²) in [6.45, 7) is 0.162. The van der Waals surface area contributed by atoms with Crippen LogP contribution in [-0.4, -0.2) is 25.8 Å². The van der Waals surface area contributed by atoms with Crippen molar-refractivity contribution in [2.45, 2.75) is 6.61 Å². The van der Waals surface area contributed by atoms with E-state index in [9.17, 15) is 9.90 Å². The molecular formula is C15H13N3O3. The van der Waals surface area contributed by atoms with Crippen molar-refractivity contribution in [1.82, 2.24) is 14.8 Å². The van der Waals surface area contributed by atoms with Crippen molar-refractivity contribution in [3.05, 3.63) is 54.1 Å². The molecule has 6 nitrogen and oxygen atoms in total. The lowest BCUT2D eigenvalue weighted by atomic mass is 10.0. The van der Waals surface area contributed by atoms with E-state index in [4.69, 9.17) is 4.74 Å². The molecule has 0 bridgehead atoms. The minimum atomic E-state index is -1.01. The number of ether oxygens (including phenoxy) is 1. The number of carboxylic acids is 1. The predicted octanol–water partition coefficient (Wildman–Crippen LogP) is 2.25. The molecule has 0 saturated carbocycles. The van der Waals surface area contributed by atoms with Crippen LogP contribution >= 0.6 is 0 Å². The summed E-state index contributed by atoms with van der Waals surface area (Å²) in [5.41, 5.74) is 0.162. The first-order valence-electron chi connectivity index (χ1n) is 6.37. The van der Waals surface area contributed by atoms with Crippen LogP contribution in [0.1, 0.15) is 16.2 Å². The molecule has 1 heterocycles. The molecule has 0 aliphatic carbocycles. The van der Waals surface area contributed by atoms with E-state index in [0.29, 0.717) is 17.0 Å². The summed E-state index contributed by atoms with van der Waals surface area (Å²) in [5.74, 6) is -0.0662. The molecule has 0 amide bonds. The average molecular weight is 283 g/mol. The molecule has 0 aliphatic heterocycles. The van der Waals surface area contributed by atoms with E-state index in [-0.39, 0.29) is 12.2 Å². The Kier molecular flexibility index (Phi) is 3.27. The second-order valence-electron chi connectivity index (χ2n) is 4.61. The molecule has 0 spiro atoms. The number of nitrogens with zero attached hydrogens (tertiary/aromatic N) is 3. The quantitative estimate of drug-likeness (QED) is 0.794. The van der Waals surface area contributed by atoms with Crippen molar-refractivity contribution < 1.29 is 14.6 Å². The van der Waals surface area contributed by atoms with Crippen molar-refractivity contribution in [1.29, 1.82) is 0 Å². The van der Waals surface area contributed by atoms with Crippen LogP contribution in [0.15, 0.2) is 42.7 Å². The van der Waals surface area contributed by atoms with Crippen molar-refractivity contribution in [2.24, 2.45) is 7.05 Å². The lowest BCUT2D eigenvalue weighted by molar-refractivity contribution is 0.0694. The Bertz CT molecular complexity index is 811. The highest BCUT2D eigenvalue weighted by atomic mass is 16.5. The highest BCUT2D eigenvalue weighted by Crippen LogP contribution is 2.28. The number of carbonyl (C=O) groups is 1. The number of aromatic carboxylic acids is 1. The van der Waals surface area contributed by atoms with Gasteiger partial charge in [-0.1, -0.05) is 30.3 Å². The number of aryl methyl sites for hydroxylation is 1. The Labute approximate surface area is 120 Å². The third-order valence-electron chi connectivity index (χ3n) is 3.27. The summed E-state index contributed by atoms with van der Waals surface area (Å²) in [6, 6.07) is 10.8. The van der Waals surface area contributed by atoms with E-state index >= 15 is 0 Å². The maximum Gasteiger partial charge on any atom is 0.340 e. The molecule has 2 aromatic carbocycles. The van der Waals surface area contributed by atoms with Gasteiger partial charge in [0.15, 0.2) is 5.82 Å². The normalized spacial score (nSPS) is 10.7. The Morgan fingerprint density at radius 2 is 2.10 bits per heavy atom. The monoisotopic (exact) mass is 283 g/mol. The fourth-order valence-corrected chi connectivity index (χ4v) is 2.17. The van der Waals surface area contributed by atoms with Crippen molar-refractivity contribution in [3.63, 3.8) is 0 Å². The molecule has 0 unspecified atom stereocenters. The molecule has 0 radical (unpaired) electrons. The highest BCUT2D eigenvalue weighted by molar-refractivity contribution is 6.06. The molecule has 0 fully saturated rings. The van der Waals surface area contributed by atoms with Gasteiger partial charge in [-0.25, -0.2) is 4.79 Å². The summed E-state index contributed by atoms with van der Waals surface area (Å²) in [6.07, 6.45) is 1.57. The van der Waals surface area contributed by atoms with Gasteiger partial charge in [-0.05, 0) is 16.8 Å². The molecule has 0 saturated heterocycles. The molecule has 0 atom stereocenters. The Morgan fingerprint density at radius 1 is 1.29 bits per heavy atom. The zero-order chi connectivity index (χ0) is 14.8. The first-order valence-corrected chi connectivity index (χ1v) is 6.37. The van der Waals surface area contributed by atoms with Gasteiger partial charge in [0.05, 0.1) is 0 Å². The third-order valence-corrected chi connectivity index (χ3v) is 3.27. The van der Waals surface area contributed by atoms with Crippen molar-refractivity contribution in [2.75, 3.05) is 0 Å². The standard InChI is InChI=1S/C15H13N3O3/c1-18-9-16-17-13(18)8-21-12-7-6-10-4-2-3-5-11(10)14(12)15(19)20/h2-7,9H,8H2,1H3,(H,19,20). The zero-order valence-electron chi connectivity index (χ0n) is 11.4. The minimum Gasteiger partial charge on any atom is -0.485 e. The van der Waals surface area contributed by atoms with E-state index in [1.54, 1.807) is 36.1 Å². The fraction of sp³-hybridized carbons (Fsp3) is 0.133. The van der Waals surface area contributed by atoms with Gasteiger partial charge in [0.2, 0.25) is 0 Å². The van der Waals surface area contributed by atoms with Gasteiger partial charge in [-0.15, -0.1) is 10.2 Å². The molecule has 1 N–H and O–H groups in total. The summed E-state index contributed by atoms with van der Waals surface area (Å²) < 4.78 is 7.35. The summed E-state index contributed by atoms with van der Waals surface area (Å²) >= 11 is 0. The summed E-state index contributed by atoms with van der Waals surface area (Å²) in [7, 11) is 1.80. The Balaban J connectivity index is 2.00. The largest absolute Gasteiger partial charge is 0.485 e. The predicted molar refractivity (Wildman–Crippen MR) is 76.2 cm³/mol. The van der Waals surface area contributed by atoms with E-state index in [2.05, 4.69) is 10.2 Å². The van der Waals surface area contributed by atoms with Crippen LogP contribution in [-0.2, 0) is 13.7 Å². The number of fused-ring (bicyclic) bond motifs is 1.